The van der Waals surface area contributed by atoms with Crippen molar-refractivity contribution < 1.29 is 9.53 Å². The molecule has 2 aromatic heterocycles. The number of likely N-dealkylation sites (N-methyl/N-ethyl adjacent to an activating group) is 1. The van der Waals surface area contributed by atoms with Gasteiger partial charge in [0.1, 0.15) is 18.0 Å². The second-order valence-corrected chi connectivity index (χ2v) is 6.29. The Kier molecular flexibility index (Phi) is 5.37. The van der Waals surface area contributed by atoms with Gasteiger partial charge < -0.3 is 14.0 Å². The number of carbonyl (C=O) groups is 1. The third-order valence-corrected chi connectivity index (χ3v) is 4.01. The molecule has 1 aromatic carbocycles. The molecule has 0 aliphatic carbocycles. The van der Waals surface area contributed by atoms with Gasteiger partial charge in [-0.2, -0.15) is 0 Å². The Hall–Kier alpha value is -3.08. The minimum absolute atomic E-state index is 0.0197. The Morgan fingerprint density at radius 1 is 1.27 bits per heavy atom. The topological polar surface area (TPSA) is 46.8 Å². The minimum Gasteiger partial charge on any atom is -0.487 e. The van der Waals surface area contributed by atoms with Gasteiger partial charge in [0.2, 0.25) is 0 Å². The van der Waals surface area contributed by atoms with Gasteiger partial charge >= 0.3 is 0 Å². The maximum atomic E-state index is 12.7. The monoisotopic (exact) mass is 349 g/mol. The molecule has 2 heterocycles. The summed E-state index contributed by atoms with van der Waals surface area (Å²) >= 11 is 0. The molecule has 5 heteroatoms. The van der Waals surface area contributed by atoms with E-state index in [9.17, 15) is 4.79 Å². The fourth-order valence-electron chi connectivity index (χ4n) is 2.77. The third-order valence-electron chi connectivity index (χ3n) is 4.01. The first-order valence-electron chi connectivity index (χ1n) is 8.66. The number of aromatic nitrogens is 2. The normalized spacial score (nSPS) is 10.7. The average Bonchev–Trinajstić information content (AvgIpc) is 3.07. The van der Waals surface area contributed by atoms with Crippen molar-refractivity contribution in [3.05, 3.63) is 78.3 Å². The van der Waals surface area contributed by atoms with E-state index in [4.69, 9.17) is 4.74 Å². The summed E-state index contributed by atoms with van der Waals surface area (Å²) in [6.07, 6.45) is 3.89. The van der Waals surface area contributed by atoms with Crippen LogP contribution in [0.15, 0.2) is 67.0 Å². The van der Waals surface area contributed by atoms with Crippen molar-refractivity contribution in [3.8, 4) is 5.75 Å². The first kappa shape index (κ1) is 17.7. The summed E-state index contributed by atoms with van der Waals surface area (Å²) in [4.78, 5) is 18.9. The summed E-state index contributed by atoms with van der Waals surface area (Å²) in [5, 5.41) is 0. The molecule has 0 aliphatic rings. The average molecular weight is 349 g/mol. The van der Waals surface area contributed by atoms with Gasteiger partial charge in [-0.25, -0.2) is 4.98 Å². The fourth-order valence-corrected chi connectivity index (χ4v) is 2.77. The SMILES string of the molecule is C=C(C)CN(CC)C(=O)c1cccc(OCc2cn3ccccc3n2)c1. The lowest BCUT2D eigenvalue weighted by atomic mass is 10.1. The van der Waals surface area contributed by atoms with Crippen LogP contribution in [0.3, 0.4) is 0 Å². The molecular weight excluding hydrogens is 326 g/mol. The highest BCUT2D eigenvalue weighted by Gasteiger charge is 2.14. The Morgan fingerprint density at radius 2 is 2.12 bits per heavy atom. The van der Waals surface area contributed by atoms with Gasteiger partial charge in [0.25, 0.3) is 5.91 Å². The number of fused-ring (bicyclic) bond motifs is 1. The van der Waals surface area contributed by atoms with Gasteiger partial charge in [-0.3, -0.25) is 4.79 Å². The molecule has 0 aliphatic heterocycles. The van der Waals surface area contributed by atoms with E-state index in [0.29, 0.717) is 31.0 Å². The van der Waals surface area contributed by atoms with Crippen molar-refractivity contribution in [2.75, 3.05) is 13.1 Å². The van der Waals surface area contributed by atoms with Crippen molar-refractivity contribution in [1.29, 1.82) is 0 Å². The Bertz CT molecular complexity index is 897. The molecule has 0 radical (unpaired) electrons. The van der Waals surface area contributed by atoms with Crippen LogP contribution in [0, 0.1) is 0 Å². The second kappa shape index (κ2) is 7.87. The third kappa shape index (κ3) is 4.11. The Morgan fingerprint density at radius 3 is 2.85 bits per heavy atom. The number of imidazole rings is 1. The summed E-state index contributed by atoms with van der Waals surface area (Å²) in [6, 6.07) is 13.1. The molecule has 0 N–H and O–H groups in total. The molecule has 0 bridgehead atoms. The minimum atomic E-state index is -0.0197. The summed E-state index contributed by atoms with van der Waals surface area (Å²) in [5.74, 6) is 0.632. The maximum Gasteiger partial charge on any atom is 0.254 e. The second-order valence-electron chi connectivity index (χ2n) is 6.29. The number of pyridine rings is 1. The highest BCUT2D eigenvalue weighted by molar-refractivity contribution is 5.94. The van der Waals surface area contributed by atoms with Gasteiger partial charge in [0.05, 0.1) is 5.69 Å². The molecule has 0 fully saturated rings. The zero-order valence-electron chi connectivity index (χ0n) is 15.2. The van der Waals surface area contributed by atoms with Crippen LogP contribution >= 0.6 is 0 Å². The largest absolute Gasteiger partial charge is 0.487 e. The standard InChI is InChI=1S/C21H23N3O2/c1-4-23(13-16(2)3)21(25)17-8-7-9-19(12-17)26-15-18-14-24-11-6-5-10-20(24)22-18/h5-12,14H,2,4,13,15H2,1,3H3. The highest BCUT2D eigenvalue weighted by atomic mass is 16.5. The molecule has 0 unspecified atom stereocenters. The zero-order valence-corrected chi connectivity index (χ0v) is 15.2. The summed E-state index contributed by atoms with van der Waals surface area (Å²) < 4.78 is 7.80. The van der Waals surface area contributed by atoms with Crippen LogP contribution in [-0.2, 0) is 6.61 Å². The Labute approximate surface area is 153 Å². The van der Waals surface area contributed by atoms with Gasteiger partial charge in [-0.15, -0.1) is 0 Å². The molecule has 0 atom stereocenters. The number of rotatable bonds is 7. The van der Waals surface area contributed by atoms with Crippen LogP contribution in [-0.4, -0.2) is 33.3 Å². The lowest BCUT2D eigenvalue weighted by Crippen LogP contribution is -2.32. The van der Waals surface area contributed by atoms with E-state index in [1.807, 2.05) is 61.0 Å². The van der Waals surface area contributed by atoms with Gasteiger partial charge in [-0.05, 0) is 44.2 Å². The summed E-state index contributed by atoms with van der Waals surface area (Å²) in [7, 11) is 0. The van der Waals surface area contributed by atoms with E-state index >= 15 is 0 Å². The molecule has 26 heavy (non-hydrogen) atoms. The molecule has 0 saturated heterocycles. The van der Waals surface area contributed by atoms with Crippen LogP contribution in [0.4, 0.5) is 0 Å². The number of carbonyl (C=O) groups excluding carboxylic acids is 1. The fraction of sp³-hybridized carbons (Fsp3) is 0.238. The number of amides is 1. The predicted molar refractivity (Wildman–Crippen MR) is 102 cm³/mol. The molecule has 134 valence electrons. The first-order valence-corrected chi connectivity index (χ1v) is 8.66. The molecule has 3 rings (SSSR count). The number of nitrogens with zero attached hydrogens (tertiary/aromatic N) is 3. The molecule has 0 spiro atoms. The molecular formula is C21H23N3O2. The van der Waals surface area contributed by atoms with Crippen LogP contribution in [0.25, 0.3) is 5.65 Å². The lowest BCUT2D eigenvalue weighted by Gasteiger charge is -2.21. The predicted octanol–water partition coefficient (Wildman–Crippen LogP) is 3.95. The lowest BCUT2D eigenvalue weighted by molar-refractivity contribution is 0.0778. The summed E-state index contributed by atoms with van der Waals surface area (Å²) in [5.41, 5.74) is 3.29. The first-order chi connectivity index (χ1) is 12.6. The van der Waals surface area contributed by atoms with Gasteiger partial charge in [0.15, 0.2) is 0 Å². The van der Waals surface area contributed by atoms with E-state index in [1.165, 1.54) is 0 Å². The van der Waals surface area contributed by atoms with E-state index in [-0.39, 0.29) is 5.91 Å². The highest BCUT2D eigenvalue weighted by Crippen LogP contribution is 2.17. The number of ether oxygens (including phenoxy) is 1. The van der Waals surface area contributed by atoms with Gasteiger partial charge in [0, 0.05) is 31.0 Å². The van der Waals surface area contributed by atoms with Crippen molar-refractivity contribution in [1.82, 2.24) is 14.3 Å². The maximum absolute atomic E-state index is 12.7. The van der Waals surface area contributed by atoms with E-state index in [2.05, 4.69) is 11.6 Å². The van der Waals surface area contributed by atoms with Crippen molar-refractivity contribution in [2.24, 2.45) is 0 Å². The Balaban J connectivity index is 1.70. The number of hydrogen-bond donors (Lipinski definition) is 0. The molecule has 1 amide bonds. The van der Waals surface area contributed by atoms with E-state index < -0.39 is 0 Å². The van der Waals surface area contributed by atoms with Crippen LogP contribution in [0.2, 0.25) is 0 Å². The molecule has 0 saturated carbocycles. The zero-order chi connectivity index (χ0) is 18.5. The van der Waals surface area contributed by atoms with E-state index in [0.717, 1.165) is 16.9 Å². The van der Waals surface area contributed by atoms with Crippen molar-refractivity contribution in [2.45, 2.75) is 20.5 Å². The molecule has 3 aromatic rings. The van der Waals surface area contributed by atoms with Crippen molar-refractivity contribution >= 4 is 11.6 Å². The number of benzene rings is 1. The van der Waals surface area contributed by atoms with Crippen LogP contribution < -0.4 is 4.74 Å². The quantitative estimate of drug-likeness (QED) is 0.607. The van der Waals surface area contributed by atoms with Gasteiger partial charge in [-0.1, -0.05) is 24.3 Å². The smallest absolute Gasteiger partial charge is 0.254 e. The summed E-state index contributed by atoms with van der Waals surface area (Å²) in [6.45, 7) is 9.32. The van der Waals surface area contributed by atoms with Crippen LogP contribution in [0.1, 0.15) is 29.9 Å². The van der Waals surface area contributed by atoms with Crippen LogP contribution in [0.5, 0.6) is 5.75 Å². The molecule has 5 nitrogen and oxygen atoms in total. The van der Waals surface area contributed by atoms with Crippen molar-refractivity contribution in [3.63, 3.8) is 0 Å². The van der Waals surface area contributed by atoms with E-state index in [1.54, 1.807) is 17.0 Å². The number of hydrogen-bond acceptors (Lipinski definition) is 3.